The van der Waals surface area contributed by atoms with Crippen LogP contribution in [0.4, 0.5) is 0 Å². The Balaban J connectivity index is 1.85. The third-order valence-corrected chi connectivity index (χ3v) is 3.72. The van der Waals surface area contributed by atoms with Crippen LogP contribution >= 0.6 is 0 Å². The summed E-state index contributed by atoms with van der Waals surface area (Å²) in [6.07, 6.45) is 15.2. The summed E-state index contributed by atoms with van der Waals surface area (Å²) in [5.41, 5.74) is 0. The van der Waals surface area contributed by atoms with Gasteiger partial charge in [0.2, 0.25) is 0 Å². The normalized spacial score (nSPS) is 47.4. The summed E-state index contributed by atoms with van der Waals surface area (Å²) in [6, 6.07) is 0. The van der Waals surface area contributed by atoms with Gasteiger partial charge < -0.3 is 4.74 Å². The van der Waals surface area contributed by atoms with Gasteiger partial charge in [0.05, 0.1) is 12.2 Å². The summed E-state index contributed by atoms with van der Waals surface area (Å²) in [5.74, 6) is 1.64. The lowest BCUT2D eigenvalue weighted by atomic mass is 9.77. The Morgan fingerprint density at radius 1 is 1.00 bits per heavy atom. The van der Waals surface area contributed by atoms with Gasteiger partial charge in [-0.15, -0.1) is 0 Å². The van der Waals surface area contributed by atoms with Crippen molar-refractivity contribution in [1.29, 1.82) is 0 Å². The molecule has 3 aliphatic rings. The smallest absolute Gasteiger partial charge is 0.0791 e. The van der Waals surface area contributed by atoms with Crippen molar-refractivity contribution in [3.8, 4) is 0 Å². The van der Waals surface area contributed by atoms with Gasteiger partial charge in [-0.2, -0.15) is 0 Å². The van der Waals surface area contributed by atoms with Gasteiger partial charge in [0, 0.05) is 0 Å². The largest absolute Gasteiger partial charge is 0.370 e. The first-order valence-corrected chi connectivity index (χ1v) is 5.42. The zero-order chi connectivity index (χ0) is 8.67. The van der Waals surface area contributed by atoms with Gasteiger partial charge in [-0.3, -0.25) is 0 Å². The molecule has 4 unspecified atom stereocenters. The molecule has 70 valence electrons. The molecule has 0 aromatic carbocycles. The summed E-state index contributed by atoms with van der Waals surface area (Å²) < 4.78 is 6.03. The van der Waals surface area contributed by atoms with Gasteiger partial charge >= 0.3 is 0 Å². The fourth-order valence-corrected chi connectivity index (χ4v) is 3.05. The van der Waals surface area contributed by atoms with Gasteiger partial charge in [0.25, 0.3) is 0 Å². The van der Waals surface area contributed by atoms with E-state index < -0.39 is 0 Å². The van der Waals surface area contributed by atoms with Crippen LogP contribution in [-0.4, -0.2) is 12.2 Å². The zero-order valence-electron chi connectivity index (χ0n) is 7.86. The van der Waals surface area contributed by atoms with Crippen LogP contribution in [0.3, 0.4) is 0 Å². The standard InChI is InChI=1S/C12H16O/c1-3-7-11-9(5-1)10-6-2-4-8-12(10)13-11/h1,3-4,8-12H,2,5-7H2. The van der Waals surface area contributed by atoms with E-state index in [1.165, 1.54) is 19.3 Å². The highest BCUT2D eigenvalue weighted by Gasteiger charge is 2.43. The van der Waals surface area contributed by atoms with Crippen molar-refractivity contribution in [1.82, 2.24) is 0 Å². The Hall–Kier alpha value is -0.560. The predicted molar refractivity (Wildman–Crippen MR) is 52.4 cm³/mol. The van der Waals surface area contributed by atoms with Crippen molar-refractivity contribution >= 4 is 0 Å². The van der Waals surface area contributed by atoms with E-state index in [1.807, 2.05) is 0 Å². The molecule has 1 heteroatoms. The molecule has 1 heterocycles. The quantitative estimate of drug-likeness (QED) is 0.516. The van der Waals surface area contributed by atoms with Crippen molar-refractivity contribution in [2.75, 3.05) is 0 Å². The fourth-order valence-electron chi connectivity index (χ4n) is 3.05. The number of rotatable bonds is 0. The first kappa shape index (κ1) is 7.81. The molecule has 0 saturated carbocycles. The molecule has 0 bridgehead atoms. The van der Waals surface area contributed by atoms with Crippen LogP contribution in [0.1, 0.15) is 25.7 Å². The monoisotopic (exact) mass is 176 g/mol. The van der Waals surface area contributed by atoms with Gasteiger partial charge in [-0.25, -0.2) is 0 Å². The number of ether oxygens (including phenoxy) is 1. The minimum atomic E-state index is 0.448. The van der Waals surface area contributed by atoms with Crippen LogP contribution in [0.25, 0.3) is 0 Å². The molecular formula is C12H16O. The average molecular weight is 176 g/mol. The van der Waals surface area contributed by atoms with Gasteiger partial charge in [-0.1, -0.05) is 24.3 Å². The van der Waals surface area contributed by atoms with Gasteiger partial charge in [0.15, 0.2) is 0 Å². The lowest BCUT2D eigenvalue weighted by Crippen LogP contribution is -2.23. The Kier molecular flexibility index (Phi) is 1.79. The minimum absolute atomic E-state index is 0.448. The van der Waals surface area contributed by atoms with Crippen molar-refractivity contribution < 1.29 is 4.74 Å². The molecule has 1 fully saturated rings. The minimum Gasteiger partial charge on any atom is -0.370 e. The maximum atomic E-state index is 6.03. The van der Waals surface area contributed by atoms with Crippen LogP contribution < -0.4 is 0 Å². The van der Waals surface area contributed by atoms with E-state index in [4.69, 9.17) is 4.74 Å². The first-order chi connectivity index (χ1) is 6.45. The highest BCUT2D eigenvalue weighted by atomic mass is 16.5. The Labute approximate surface area is 79.5 Å². The molecule has 0 spiro atoms. The first-order valence-electron chi connectivity index (χ1n) is 5.42. The molecule has 1 saturated heterocycles. The number of allylic oxidation sites excluding steroid dienone is 2. The molecule has 0 N–H and O–H groups in total. The average Bonchev–Trinajstić information content (AvgIpc) is 2.56. The SMILES string of the molecule is C1=CC2OC3CC=CCC3C2CC1. The third-order valence-electron chi connectivity index (χ3n) is 3.72. The second-order valence-electron chi connectivity index (χ2n) is 4.42. The van der Waals surface area contributed by atoms with E-state index in [1.54, 1.807) is 0 Å². The summed E-state index contributed by atoms with van der Waals surface area (Å²) in [4.78, 5) is 0. The van der Waals surface area contributed by atoms with Crippen LogP contribution in [0.2, 0.25) is 0 Å². The van der Waals surface area contributed by atoms with Crippen LogP contribution in [0.5, 0.6) is 0 Å². The van der Waals surface area contributed by atoms with Crippen molar-refractivity contribution in [2.24, 2.45) is 11.8 Å². The Morgan fingerprint density at radius 2 is 1.92 bits per heavy atom. The molecule has 0 radical (unpaired) electrons. The van der Waals surface area contributed by atoms with E-state index in [0.29, 0.717) is 12.2 Å². The number of hydrogen-bond acceptors (Lipinski definition) is 1. The maximum Gasteiger partial charge on any atom is 0.0791 e. The molecule has 3 rings (SSSR count). The highest BCUT2D eigenvalue weighted by molar-refractivity contribution is 5.09. The Bertz CT molecular complexity index is 254. The van der Waals surface area contributed by atoms with E-state index in [-0.39, 0.29) is 0 Å². The molecule has 2 aliphatic carbocycles. The second-order valence-corrected chi connectivity index (χ2v) is 4.42. The maximum absolute atomic E-state index is 6.03. The van der Waals surface area contributed by atoms with Crippen molar-refractivity contribution in [3.63, 3.8) is 0 Å². The summed E-state index contributed by atoms with van der Waals surface area (Å²) in [5, 5.41) is 0. The molecule has 1 aliphatic heterocycles. The van der Waals surface area contributed by atoms with Crippen molar-refractivity contribution in [3.05, 3.63) is 24.3 Å². The second kappa shape index (κ2) is 2.98. The summed E-state index contributed by atoms with van der Waals surface area (Å²) in [7, 11) is 0. The molecule has 0 aromatic heterocycles. The summed E-state index contributed by atoms with van der Waals surface area (Å²) >= 11 is 0. The van der Waals surface area contributed by atoms with E-state index in [9.17, 15) is 0 Å². The summed E-state index contributed by atoms with van der Waals surface area (Å²) in [6.45, 7) is 0. The molecule has 13 heavy (non-hydrogen) atoms. The molecular weight excluding hydrogens is 160 g/mol. The fraction of sp³-hybridized carbons (Fsp3) is 0.667. The molecule has 0 amide bonds. The van der Waals surface area contributed by atoms with Crippen LogP contribution in [-0.2, 0) is 4.74 Å². The van der Waals surface area contributed by atoms with Crippen LogP contribution in [0.15, 0.2) is 24.3 Å². The van der Waals surface area contributed by atoms with Gasteiger partial charge in [0.1, 0.15) is 0 Å². The lowest BCUT2D eigenvalue weighted by molar-refractivity contribution is 0.0525. The predicted octanol–water partition coefficient (Wildman–Crippen LogP) is 2.69. The van der Waals surface area contributed by atoms with Crippen LogP contribution in [0, 0.1) is 11.8 Å². The Morgan fingerprint density at radius 3 is 2.92 bits per heavy atom. The molecule has 0 aromatic rings. The van der Waals surface area contributed by atoms with Crippen molar-refractivity contribution in [2.45, 2.75) is 37.9 Å². The number of fused-ring (bicyclic) bond motifs is 3. The molecule has 1 nitrogen and oxygen atoms in total. The third kappa shape index (κ3) is 1.18. The molecule has 4 atom stereocenters. The van der Waals surface area contributed by atoms with E-state index in [0.717, 1.165) is 18.3 Å². The highest BCUT2D eigenvalue weighted by Crippen LogP contribution is 2.43. The zero-order valence-corrected chi connectivity index (χ0v) is 7.86. The van der Waals surface area contributed by atoms with Gasteiger partial charge in [-0.05, 0) is 37.5 Å². The number of hydrogen-bond donors (Lipinski definition) is 0. The topological polar surface area (TPSA) is 9.23 Å². The van der Waals surface area contributed by atoms with E-state index in [2.05, 4.69) is 24.3 Å². The van der Waals surface area contributed by atoms with E-state index >= 15 is 0 Å². The lowest BCUT2D eigenvalue weighted by Gasteiger charge is -2.25.